The molecule has 0 amide bonds. The van der Waals surface area contributed by atoms with E-state index in [1.807, 2.05) is 0 Å². The van der Waals surface area contributed by atoms with Crippen LogP contribution in [0.1, 0.15) is 35.6 Å². The van der Waals surface area contributed by atoms with Crippen molar-refractivity contribution >= 4 is 24.0 Å². The van der Waals surface area contributed by atoms with E-state index < -0.39 is 29.9 Å². The van der Waals surface area contributed by atoms with Crippen molar-refractivity contribution in [1.82, 2.24) is 0 Å². The van der Waals surface area contributed by atoms with Gasteiger partial charge >= 0.3 is 17.9 Å². The largest absolute Gasteiger partial charge is 0.497 e. The fraction of sp³-hybridized carbons (Fsp3) is 0.292. The van der Waals surface area contributed by atoms with Gasteiger partial charge in [-0.2, -0.15) is 0 Å². The minimum Gasteiger partial charge on any atom is -0.497 e. The van der Waals surface area contributed by atoms with Crippen LogP contribution in [0.15, 0.2) is 36.4 Å². The molecule has 0 bridgehead atoms. The first-order valence-electron chi connectivity index (χ1n) is 9.91. The van der Waals surface area contributed by atoms with Crippen molar-refractivity contribution in [2.24, 2.45) is 0 Å². The number of esters is 3. The maximum atomic E-state index is 12.9. The van der Waals surface area contributed by atoms with E-state index in [9.17, 15) is 14.4 Å². The molecule has 0 fully saturated rings. The molecule has 2 atom stereocenters. The lowest BCUT2D eigenvalue weighted by Crippen LogP contribution is -2.21. The van der Waals surface area contributed by atoms with Gasteiger partial charge in [-0.1, -0.05) is 0 Å². The van der Waals surface area contributed by atoms with Crippen molar-refractivity contribution in [3.05, 3.63) is 53.1 Å². The van der Waals surface area contributed by atoms with Crippen molar-refractivity contribution < 1.29 is 42.8 Å². The molecule has 0 spiro atoms. The highest BCUT2D eigenvalue weighted by atomic mass is 16.6. The lowest BCUT2D eigenvalue weighted by atomic mass is 9.89. The van der Waals surface area contributed by atoms with E-state index in [1.165, 1.54) is 47.5 Å². The quantitative estimate of drug-likeness (QED) is 0.353. The van der Waals surface area contributed by atoms with Crippen molar-refractivity contribution in [3.8, 4) is 23.0 Å². The molecule has 9 nitrogen and oxygen atoms in total. The Balaban J connectivity index is 2.15. The van der Waals surface area contributed by atoms with E-state index in [1.54, 1.807) is 30.3 Å². The van der Waals surface area contributed by atoms with E-state index in [0.717, 1.165) is 0 Å². The Morgan fingerprint density at radius 3 is 2.27 bits per heavy atom. The number of hydrogen-bond acceptors (Lipinski definition) is 9. The molecule has 0 saturated carbocycles. The Morgan fingerprint density at radius 1 is 0.909 bits per heavy atom. The number of fused-ring (bicyclic) bond motifs is 1. The molecule has 2 unspecified atom stereocenters. The summed E-state index contributed by atoms with van der Waals surface area (Å²) in [4.78, 5) is 36.1. The van der Waals surface area contributed by atoms with Gasteiger partial charge in [-0.25, -0.2) is 4.79 Å². The van der Waals surface area contributed by atoms with Gasteiger partial charge in [-0.15, -0.1) is 0 Å². The maximum Gasteiger partial charge on any atom is 0.330 e. The van der Waals surface area contributed by atoms with Crippen molar-refractivity contribution in [1.29, 1.82) is 0 Å². The fourth-order valence-corrected chi connectivity index (χ4v) is 3.58. The van der Waals surface area contributed by atoms with E-state index in [-0.39, 0.29) is 5.75 Å². The van der Waals surface area contributed by atoms with Crippen molar-refractivity contribution in [2.75, 3.05) is 28.4 Å². The molecule has 2 aromatic carbocycles. The molecule has 0 saturated heterocycles. The minimum atomic E-state index is -0.895. The molecular formula is C24H24O9. The first kappa shape index (κ1) is 23.6. The number of hydrogen-bond donors (Lipinski definition) is 0. The highest BCUT2D eigenvalue weighted by molar-refractivity contribution is 5.88. The Labute approximate surface area is 190 Å². The van der Waals surface area contributed by atoms with E-state index in [0.29, 0.717) is 33.9 Å². The highest BCUT2D eigenvalue weighted by Gasteiger charge is 2.44. The first-order valence-corrected chi connectivity index (χ1v) is 9.91. The van der Waals surface area contributed by atoms with Crippen LogP contribution in [0, 0.1) is 0 Å². The van der Waals surface area contributed by atoms with Gasteiger partial charge in [0.1, 0.15) is 23.5 Å². The third kappa shape index (κ3) is 4.92. The number of methoxy groups -OCH3 is 4. The zero-order valence-electron chi connectivity index (χ0n) is 18.9. The zero-order valence-corrected chi connectivity index (χ0v) is 18.9. The van der Waals surface area contributed by atoms with Crippen LogP contribution in [0.4, 0.5) is 0 Å². The van der Waals surface area contributed by atoms with Crippen LogP contribution >= 0.6 is 0 Å². The smallest absolute Gasteiger partial charge is 0.330 e. The number of carbonyl (C=O) groups is 3. The monoisotopic (exact) mass is 456 g/mol. The van der Waals surface area contributed by atoms with Gasteiger partial charge in [0.15, 0.2) is 11.5 Å². The van der Waals surface area contributed by atoms with Gasteiger partial charge < -0.3 is 28.4 Å². The lowest BCUT2D eigenvalue weighted by molar-refractivity contribution is -0.144. The fourth-order valence-electron chi connectivity index (χ4n) is 3.58. The molecular weight excluding hydrogens is 432 g/mol. The summed E-state index contributed by atoms with van der Waals surface area (Å²) in [5, 5.41) is 0. The topological polar surface area (TPSA) is 107 Å². The van der Waals surface area contributed by atoms with E-state index >= 15 is 0 Å². The zero-order chi connectivity index (χ0) is 24.1. The molecule has 0 radical (unpaired) electrons. The van der Waals surface area contributed by atoms with Crippen molar-refractivity contribution in [3.63, 3.8) is 0 Å². The highest BCUT2D eigenvalue weighted by Crippen LogP contribution is 2.53. The number of rotatable bonds is 7. The van der Waals surface area contributed by atoms with Crippen LogP contribution < -0.4 is 18.9 Å². The number of ether oxygens (including phenoxy) is 6. The van der Waals surface area contributed by atoms with Crippen molar-refractivity contribution in [2.45, 2.75) is 18.9 Å². The van der Waals surface area contributed by atoms with Gasteiger partial charge in [0.2, 0.25) is 0 Å². The molecule has 33 heavy (non-hydrogen) atoms. The predicted octanol–water partition coefficient (Wildman–Crippen LogP) is 3.21. The van der Waals surface area contributed by atoms with Gasteiger partial charge in [-0.3, -0.25) is 9.59 Å². The summed E-state index contributed by atoms with van der Waals surface area (Å²) in [5.74, 6) is -1.16. The van der Waals surface area contributed by atoms with E-state index in [2.05, 4.69) is 4.74 Å². The summed E-state index contributed by atoms with van der Waals surface area (Å²) < 4.78 is 31.9. The Kier molecular flexibility index (Phi) is 7.22. The normalized spacial score (nSPS) is 16.5. The Bertz CT molecular complexity index is 1100. The molecule has 0 N–H and O–H groups in total. The Hall–Kier alpha value is -4.01. The molecule has 1 aliphatic heterocycles. The second-order valence-corrected chi connectivity index (χ2v) is 7.03. The second kappa shape index (κ2) is 10.1. The standard InChI is InChI=1S/C24H24O9/c1-13(25)32-18-12-15(28-2)7-8-16(18)23-21(24(27)31-5)17-10-14(6-9-20(26)30-4)11-19(29-3)22(17)33-23/h6-12,21,23H,1-5H3/b9-6+. The molecule has 174 valence electrons. The molecule has 9 heteroatoms. The van der Waals surface area contributed by atoms with Crippen LogP contribution in [0.3, 0.4) is 0 Å². The second-order valence-electron chi connectivity index (χ2n) is 7.03. The lowest BCUT2D eigenvalue weighted by Gasteiger charge is -2.20. The number of carbonyl (C=O) groups excluding carboxylic acids is 3. The van der Waals surface area contributed by atoms with Crippen LogP contribution in [-0.2, 0) is 23.9 Å². The SMILES string of the molecule is COC(=O)/C=C/c1cc(OC)c2c(c1)C(C(=O)OC)C(c1ccc(OC)cc1OC(C)=O)O2. The molecule has 3 rings (SSSR count). The predicted molar refractivity (Wildman–Crippen MR) is 116 cm³/mol. The average Bonchev–Trinajstić information content (AvgIpc) is 3.20. The molecule has 2 aromatic rings. The number of benzene rings is 2. The average molecular weight is 456 g/mol. The van der Waals surface area contributed by atoms with Gasteiger partial charge in [-0.05, 0) is 35.9 Å². The summed E-state index contributed by atoms with van der Waals surface area (Å²) in [5.41, 5.74) is 1.54. The third-order valence-electron chi connectivity index (χ3n) is 5.06. The van der Waals surface area contributed by atoms with E-state index in [4.69, 9.17) is 23.7 Å². The Morgan fingerprint density at radius 2 is 1.67 bits per heavy atom. The van der Waals surface area contributed by atoms with Crippen LogP contribution in [0.25, 0.3) is 6.08 Å². The summed E-state index contributed by atoms with van der Waals surface area (Å²) in [6.45, 7) is 1.27. The molecule has 0 aromatic heterocycles. The minimum absolute atomic E-state index is 0.193. The molecule has 1 heterocycles. The van der Waals surface area contributed by atoms with Gasteiger partial charge in [0, 0.05) is 30.2 Å². The third-order valence-corrected chi connectivity index (χ3v) is 5.06. The first-order chi connectivity index (χ1) is 15.8. The van der Waals surface area contributed by atoms with Gasteiger partial charge in [0.25, 0.3) is 0 Å². The maximum absolute atomic E-state index is 12.9. The van der Waals surface area contributed by atoms with Crippen LogP contribution in [0.2, 0.25) is 0 Å². The summed E-state index contributed by atoms with van der Waals surface area (Å²) in [7, 11) is 5.50. The molecule has 0 aliphatic carbocycles. The summed E-state index contributed by atoms with van der Waals surface area (Å²) in [6, 6.07) is 8.24. The summed E-state index contributed by atoms with van der Waals surface area (Å²) >= 11 is 0. The van der Waals surface area contributed by atoms with Crippen LogP contribution in [0.5, 0.6) is 23.0 Å². The van der Waals surface area contributed by atoms with Crippen LogP contribution in [-0.4, -0.2) is 46.3 Å². The van der Waals surface area contributed by atoms with Gasteiger partial charge in [0.05, 0.1) is 28.4 Å². The molecule has 1 aliphatic rings. The summed E-state index contributed by atoms with van der Waals surface area (Å²) in [6.07, 6.45) is 1.92.